The van der Waals surface area contributed by atoms with Crippen LogP contribution in [0.3, 0.4) is 0 Å². The summed E-state index contributed by atoms with van der Waals surface area (Å²) in [6.07, 6.45) is 4.33. The Morgan fingerprint density at radius 1 is 1.32 bits per heavy atom. The van der Waals surface area contributed by atoms with Gasteiger partial charge in [-0.25, -0.2) is 0 Å². The maximum atomic E-state index is 5.88. The second-order valence-electron chi connectivity index (χ2n) is 5.53. The predicted molar refractivity (Wildman–Crippen MR) is 71.4 cm³/mol. The first-order valence-corrected chi connectivity index (χ1v) is 7.64. The highest BCUT2D eigenvalue weighted by Crippen LogP contribution is 2.48. The van der Waals surface area contributed by atoms with E-state index in [0.29, 0.717) is 12.5 Å². The Morgan fingerprint density at radius 3 is 2.79 bits per heavy atom. The van der Waals surface area contributed by atoms with E-state index in [-0.39, 0.29) is 5.41 Å². The average Bonchev–Trinajstić information content (AvgIpc) is 2.98. The van der Waals surface area contributed by atoms with Gasteiger partial charge in [0.15, 0.2) is 5.82 Å². The number of hydrogen-bond donors (Lipinski definition) is 1. The van der Waals surface area contributed by atoms with E-state index in [9.17, 15) is 0 Å². The molecule has 0 radical (unpaired) electrons. The summed E-state index contributed by atoms with van der Waals surface area (Å²) >= 11 is 1.64. The third-order valence-corrected chi connectivity index (χ3v) is 5.44. The van der Waals surface area contributed by atoms with Crippen molar-refractivity contribution in [2.45, 2.75) is 37.0 Å². The molecule has 2 aromatic rings. The molecule has 2 aromatic heterocycles. The molecule has 7 heteroatoms. The second kappa shape index (κ2) is 4.22. The van der Waals surface area contributed by atoms with Crippen LogP contribution in [0.2, 0.25) is 0 Å². The summed E-state index contributed by atoms with van der Waals surface area (Å²) in [6.45, 7) is 2.30. The molecular weight excluding hydrogens is 262 g/mol. The summed E-state index contributed by atoms with van der Waals surface area (Å²) in [5.74, 6) is 1.42. The Labute approximate surface area is 115 Å². The van der Waals surface area contributed by atoms with Gasteiger partial charge >= 0.3 is 0 Å². The van der Waals surface area contributed by atoms with Crippen LogP contribution in [-0.4, -0.2) is 39.6 Å². The summed E-state index contributed by atoms with van der Waals surface area (Å²) < 4.78 is 7.34. The van der Waals surface area contributed by atoms with E-state index in [4.69, 9.17) is 15.6 Å². The van der Waals surface area contributed by atoms with Gasteiger partial charge in [-0.3, -0.25) is 0 Å². The first kappa shape index (κ1) is 11.7. The zero-order valence-corrected chi connectivity index (χ0v) is 11.5. The molecule has 2 N–H and O–H groups in total. The zero-order valence-electron chi connectivity index (χ0n) is 10.7. The molecular formula is C12H17N5OS. The summed E-state index contributed by atoms with van der Waals surface area (Å²) in [6, 6.07) is 0. The van der Waals surface area contributed by atoms with Crippen molar-refractivity contribution in [3.8, 4) is 0 Å². The fourth-order valence-electron chi connectivity index (χ4n) is 2.71. The van der Waals surface area contributed by atoms with Crippen LogP contribution in [0.4, 0.5) is 0 Å². The molecule has 6 nitrogen and oxygen atoms in total. The molecule has 0 aromatic carbocycles. The van der Waals surface area contributed by atoms with Crippen molar-refractivity contribution in [1.82, 2.24) is 19.8 Å². The van der Waals surface area contributed by atoms with E-state index < -0.39 is 0 Å². The minimum absolute atomic E-state index is 0.137. The number of ether oxygens (including phenoxy) is 1. The van der Waals surface area contributed by atoms with Crippen LogP contribution in [0.5, 0.6) is 0 Å². The molecule has 1 saturated heterocycles. The van der Waals surface area contributed by atoms with Crippen molar-refractivity contribution in [1.29, 1.82) is 0 Å². The van der Waals surface area contributed by atoms with Crippen LogP contribution in [0.1, 0.15) is 42.4 Å². The van der Waals surface area contributed by atoms with Gasteiger partial charge in [-0.1, -0.05) is 11.3 Å². The lowest BCUT2D eigenvalue weighted by Crippen LogP contribution is -2.20. The van der Waals surface area contributed by atoms with Crippen LogP contribution in [0.15, 0.2) is 0 Å². The highest BCUT2D eigenvalue weighted by molar-refractivity contribution is 7.16. The van der Waals surface area contributed by atoms with Gasteiger partial charge < -0.3 is 10.5 Å². The SMILES string of the molecule is NCC1(c2nn3c(C4CCOCC4)nnc3s2)CC1. The van der Waals surface area contributed by atoms with E-state index in [0.717, 1.165) is 54.7 Å². The van der Waals surface area contributed by atoms with E-state index in [1.165, 1.54) is 0 Å². The molecule has 0 amide bonds. The number of rotatable bonds is 3. The molecule has 4 rings (SSSR count). The Balaban J connectivity index is 1.72. The highest BCUT2D eigenvalue weighted by Gasteiger charge is 2.46. The Bertz CT molecular complexity index is 596. The Morgan fingerprint density at radius 2 is 2.11 bits per heavy atom. The lowest BCUT2D eigenvalue weighted by Gasteiger charge is -2.19. The van der Waals surface area contributed by atoms with Crippen LogP contribution in [-0.2, 0) is 10.2 Å². The van der Waals surface area contributed by atoms with Gasteiger partial charge in [0.25, 0.3) is 0 Å². The summed E-state index contributed by atoms with van der Waals surface area (Å²) in [7, 11) is 0. The van der Waals surface area contributed by atoms with Gasteiger partial charge in [0.05, 0.1) is 0 Å². The minimum atomic E-state index is 0.137. The lowest BCUT2D eigenvalue weighted by molar-refractivity contribution is 0.0831. The number of aromatic nitrogens is 4. The molecule has 0 unspecified atom stereocenters. The summed E-state index contributed by atoms with van der Waals surface area (Å²) in [5.41, 5.74) is 6.01. The Hall–Kier alpha value is -1.05. The molecule has 0 atom stereocenters. The van der Waals surface area contributed by atoms with E-state index in [1.54, 1.807) is 11.3 Å². The van der Waals surface area contributed by atoms with Crippen LogP contribution >= 0.6 is 11.3 Å². The maximum absolute atomic E-state index is 5.88. The van der Waals surface area contributed by atoms with Crippen LogP contribution < -0.4 is 5.73 Å². The fraction of sp³-hybridized carbons (Fsp3) is 0.750. The smallest absolute Gasteiger partial charge is 0.234 e. The van der Waals surface area contributed by atoms with Crippen molar-refractivity contribution < 1.29 is 4.74 Å². The predicted octanol–water partition coefficient (Wildman–Crippen LogP) is 1.07. The molecule has 2 fully saturated rings. The standard InChI is InChI=1S/C12H17N5OS/c13-7-12(3-4-12)10-16-17-9(14-15-11(17)19-10)8-1-5-18-6-2-8/h8H,1-7,13H2. The largest absolute Gasteiger partial charge is 0.381 e. The van der Waals surface area contributed by atoms with Crippen LogP contribution in [0, 0.1) is 0 Å². The van der Waals surface area contributed by atoms with Crippen LogP contribution in [0.25, 0.3) is 4.96 Å². The quantitative estimate of drug-likeness (QED) is 0.909. The average molecular weight is 279 g/mol. The van der Waals surface area contributed by atoms with Crippen molar-refractivity contribution in [3.63, 3.8) is 0 Å². The molecule has 0 bridgehead atoms. The normalized spacial score (nSPS) is 23.0. The summed E-state index contributed by atoms with van der Waals surface area (Å²) in [5, 5.41) is 14.5. The second-order valence-corrected chi connectivity index (χ2v) is 6.49. The molecule has 102 valence electrons. The van der Waals surface area contributed by atoms with Gasteiger partial charge in [0, 0.05) is 31.1 Å². The molecule has 0 spiro atoms. The van der Waals surface area contributed by atoms with E-state index >= 15 is 0 Å². The van der Waals surface area contributed by atoms with E-state index in [2.05, 4.69) is 10.2 Å². The molecule has 1 saturated carbocycles. The van der Waals surface area contributed by atoms with Crippen molar-refractivity contribution in [2.75, 3.05) is 19.8 Å². The lowest BCUT2D eigenvalue weighted by atomic mass is 10.00. The number of nitrogens with zero attached hydrogens (tertiary/aromatic N) is 4. The number of fused-ring (bicyclic) bond motifs is 1. The molecule has 19 heavy (non-hydrogen) atoms. The Kier molecular flexibility index (Phi) is 2.61. The van der Waals surface area contributed by atoms with Crippen molar-refractivity contribution in [3.05, 3.63) is 10.8 Å². The minimum Gasteiger partial charge on any atom is -0.381 e. The highest BCUT2D eigenvalue weighted by atomic mass is 32.1. The number of nitrogens with two attached hydrogens (primary N) is 1. The number of hydrogen-bond acceptors (Lipinski definition) is 6. The zero-order chi connectivity index (χ0) is 12.9. The van der Waals surface area contributed by atoms with Crippen molar-refractivity contribution >= 4 is 16.3 Å². The monoisotopic (exact) mass is 279 g/mol. The van der Waals surface area contributed by atoms with Gasteiger partial charge in [0.2, 0.25) is 4.96 Å². The van der Waals surface area contributed by atoms with E-state index in [1.807, 2.05) is 4.52 Å². The topological polar surface area (TPSA) is 78.3 Å². The fourth-order valence-corrected chi connectivity index (χ4v) is 3.81. The molecule has 2 aliphatic rings. The van der Waals surface area contributed by atoms with Gasteiger partial charge in [-0.15, -0.1) is 10.2 Å². The van der Waals surface area contributed by atoms with Crippen molar-refractivity contribution in [2.24, 2.45) is 5.73 Å². The molecule has 1 aliphatic carbocycles. The van der Waals surface area contributed by atoms with Gasteiger partial charge in [0.1, 0.15) is 5.01 Å². The van der Waals surface area contributed by atoms with Gasteiger partial charge in [-0.05, 0) is 25.7 Å². The summed E-state index contributed by atoms with van der Waals surface area (Å²) in [4.78, 5) is 0.899. The third kappa shape index (κ3) is 1.79. The molecule has 3 heterocycles. The first-order valence-electron chi connectivity index (χ1n) is 6.83. The third-order valence-electron chi connectivity index (χ3n) is 4.30. The first-order chi connectivity index (χ1) is 9.32. The molecule has 1 aliphatic heterocycles. The maximum Gasteiger partial charge on any atom is 0.234 e. The van der Waals surface area contributed by atoms with Gasteiger partial charge in [-0.2, -0.15) is 9.61 Å².